The zero-order valence-electron chi connectivity index (χ0n) is 10.9. The first-order valence-electron chi connectivity index (χ1n) is 6.42. The van der Waals surface area contributed by atoms with Crippen LogP contribution in [0.2, 0.25) is 5.02 Å². The molecule has 0 radical (unpaired) electrons. The number of hydrogen-bond acceptors (Lipinski definition) is 4. The number of piperidine rings is 1. The fourth-order valence-electron chi connectivity index (χ4n) is 2.47. The van der Waals surface area contributed by atoms with Crippen LogP contribution < -0.4 is 5.32 Å². The summed E-state index contributed by atoms with van der Waals surface area (Å²) in [5.41, 5.74) is 0.925. The molecule has 1 aromatic rings. The van der Waals surface area contributed by atoms with Gasteiger partial charge >= 0.3 is 0 Å². The molecule has 104 valence electrons. The molecule has 1 aromatic carbocycles. The van der Waals surface area contributed by atoms with Crippen molar-refractivity contribution in [1.29, 1.82) is 0 Å². The first kappa shape index (κ1) is 14.2. The lowest BCUT2D eigenvalue weighted by Crippen LogP contribution is -2.43. The highest BCUT2D eigenvalue weighted by atomic mass is 35.5. The number of benzene rings is 1. The number of nitro groups is 1. The summed E-state index contributed by atoms with van der Waals surface area (Å²) in [6.07, 6.45) is 2.31. The quantitative estimate of drug-likeness (QED) is 0.681. The first-order chi connectivity index (χ1) is 9.10. The maximum absolute atomic E-state index is 10.8. The van der Waals surface area contributed by atoms with Crippen molar-refractivity contribution in [1.82, 2.24) is 10.2 Å². The molecule has 19 heavy (non-hydrogen) atoms. The van der Waals surface area contributed by atoms with E-state index >= 15 is 0 Å². The Morgan fingerprint density at radius 2 is 2.37 bits per heavy atom. The number of halogens is 1. The molecule has 1 heterocycles. The van der Waals surface area contributed by atoms with E-state index in [0.717, 1.165) is 25.1 Å². The zero-order chi connectivity index (χ0) is 13.8. The minimum Gasteiger partial charge on any atom is -0.316 e. The molecule has 0 bridgehead atoms. The molecular weight excluding hydrogens is 266 g/mol. The Balaban J connectivity index is 2.09. The van der Waals surface area contributed by atoms with Crippen molar-refractivity contribution >= 4 is 17.3 Å². The SMILES string of the molecule is CNC1CCCN(Cc2cc([N+](=O)[O-])ccc2Cl)C1. The molecule has 1 aliphatic heterocycles. The third-order valence-corrected chi connectivity index (χ3v) is 3.92. The maximum atomic E-state index is 10.8. The molecule has 1 atom stereocenters. The average molecular weight is 284 g/mol. The third-order valence-electron chi connectivity index (χ3n) is 3.55. The van der Waals surface area contributed by atoms with E-state index in [9.17, 15) is 10.1 Å². The van der Waals surface area contributed by atoms with E-state index in [2.05, 4.69) is 10.2 Å². The minimum atomic E-state index is -0.383. The molecule has 1 fully saturated rings. The second-order valence-electron chi connectivity index (χ2n) is 4.90. The van der Waals surface area contributed by atoms with Crippen molar-refractivity contribution in [2.45, 2.75) is 25.4 Å². The number of likely N-dealkylation sites (N-methyl/N-ethyl adjacent to an activating group) is 1. The van der Waals surface area contributed by atoms with Gasteiger partial charge in [-0.05, 0) is 38.1 Å². The van der Waals surface area contributed by atoms with Gasteiger partial charge in [-0.1, -0.05) is 11.6 Å². The van der Waals surface area contributed by atoms with E-state index in [1.807, 2.05) is 7.05 Å². The number of nitrogens with one attached hydrogen (secondary N) is 1. The summed E-state index contributed by atoms with van der Waals surface area (Å²) in [7, 11) is 1.97. The monoisotopic (exact) mass is 283 g/mol. The molecule has 1 unspecified atom stereocenters. The smallest absolute Gasteiger partial charge is 0.269 e. The minimum absolute atomic E-state index is 0.0987. The number of hydrogen-bond donors (Lipinski definition) is 1. The van der Waals surface area contributed by atoms with Crippen molar-refractivity contribution in [3.05, 3.63) is 38.9 Å². The fourth-order valence-corrected chi connectivity index (χ4v) is 2.65. The van der Waals surface area contributed by atoms with Crippen molar-refractivity contribution in [2.75, 3.05) is 20.1 Å². The van der Waals surface area contributed by atoms with Gasteiger partial charge in [-0.15, -0.1) is 0 Å². The Hall–Kier alpha value is -1.17. The summed E-state index contributed by atoms with van der Waals surface area (Å²) in [5.74, 6) is 0. The summed E-state index contributed by atoms with van der Waals surface area (Å²) in [6.45, 7) is 2.63. The van der Waals surface area contributed by atoms with Crippen LogP contribution in [0.25, 0.3) is 0 Å². The lowest BCUT2D eigenvalue weighted by Gasteiger charge is -2.32. The van der Waals surface area contributed by atoms with Crippen molar-refractivity contribution in [3.8, 4) is 0 Å². The van der Waals surface area contributed by atoms with Gasteiger partial charge in [-0.3, -0.25) is 15.0 Å². The van der Waals surface area contributed by atoms with Gasteiger partial charge in [0, 0.05) is 36.3 Å². The second-order valence-corrected chi connectivity index (χ2v) is 5.30. The number of rotatable bonds is 4. The molecule has 2 rings (SSSR count). The van der Waals surface area contributed by atoms with Crippen LogP contribution in [0.4, 0.5) is 5.69 Å². The van der Waals surface area contributed by atoms with Gasteiger partial charge in [0.1, 0.15) is 0 Å². The number of nitrogens with zero attached hydrogens (tertiary/aromatic N) is 2. The summed E-state index contributed by atoms with van der Waals surface area (Å²) in [6, 6.07) is 5.12. The Morgan fingerprint density at radius 1 is 1.58 bits per heavy atom. The van der Waals surface area contributed by atoms with Crippen molar-refractivity contribution < 1.29 is 4.92 Å². The predicted molar refractivity (Wildman–Crippen MR) is 75.5 cm³/mol. The molecule has 0 saturated carbocycles. The Bertz CT molecular complexity index is 467. The maximum Gasteiger partial charge on any atom is 0.269 e. The molecule has 1 aliphatic rings. The first-order valence-corrected chi connectivity index (χ1v) is 6.80. The Kier molecular flexibility index (Phi) is 4.74. The summed E-state index contributed by atoms with van der Waals surface area (Å²) < 4.78 is 0. The van der Waals surface area contributed by atoms with E-state index < -0.39 is 0 Å². The molecule has 0 aromatic heterocycles. The van der Waals surface area contributed by atoms with Crippen LogP contribution >= 0.6 is 11.6 Å². The van der Waals surface area contributed by atoms with E-state index in [-0.39, 0.29) is 10.6 Å². The highest BCUT2D eigenvalue weighted by Crippen LogP contribution is 2.24. The summed E-state index contributed by atoms with van der Waals surface area (Å²) in [4.78, 5) is 12.7. The van der Waals surface area contributed by atoms with Gasteiger partial charge in [0.15, 0.2) is 0 Å². The van der Waals surface area contributed by atoms with Crippen molar-refractivity contribution in [3.63, 3.8) is 0 Å². The van der Waals surface area contributed by atoms with E-state index in [0.29, 0.717) is 17.6 Å². The largest absolute Gasteiger partial charge is 0.316 e. The zero-order valence-corrected chi connectivity index (χ0v) is 11.7. The standard InChI is InChI=1S/C13H18ClN3O2/c1-15-11-3-2-6-16(9-11)8-10-7-12(17(18)19)4-5-13(10)14/h4-5,7,11,15H,2-3,6,8-9H2,1H3. The summed E-state index contributed by atoms with van der Waals surface area (Å²) >= 11 is 6.13. The van der Waals surface area contributed by atoms with Gasteiger partial charge < -0.3 is 5.32 Å². The topological polar surface area (TPSA) is 58.4 Å². The number of nitro benzene ring substituents is 1. The second kappa shape index (κ2) is 6.32. The average Bonchev–Trinajstić information content (AvgIpc) is 2.41. The third kappa shape index (κ3) is 3.65. The highest BCUT2D eigenvalue weighted by Gasteiger charge is 2.20. The molecule has 6 heteroatoms. The van der Waals surface area contributed by atoms with E-state index in [1.165, 1.54) is 12.5 Å². The molecule has 0 aliphatic carbocycles. The lowest BCUT2D eigenvalue weighted by atomic mass is 10.0. The molecule has 0 amide bonds. The highest BCUT2D eigenvalue weighted by molar-refractivity contribution is 6.31. The van der Waals surface area contributed by atoms with Crippen LogP contribution in [0.1, 0.15) is 18.4 Å². The Morgan fingerprint density at radius 3 is 3.05 bits per heavy atom. The van der Waals surface area contributed by atoms with Crippen LogP contribution in [-0.4, -0.2) is 36.0 Å². The van der Waals surface area contributed by atoms with E-state index in [1.54, 1.807) is 12.1 Å². The lowest BCUT2D eigenvalue weighted by molar-refractivity contribution is -0.384. The molecule has 1 N–H and O–H groups in total. The van der Waals surface area contributed by atoms with Crippen LogP contribution in [0.15, 0.2) is 18.2 Å². The Labute approximate surface area is 117 Å². The normalized spacial score (nSPS) is 20.4. The summed E-state index contributed by atoms with van der Waals surface area (Å²) in [5, 5.41) is 14.7. The van der Waals surface area contributed by atoms with Crippen molar-refractivity contribution in [2.24, 2.45) is 0 Å². The number of non-ortho nitro benzene ring substituents is 1. The predicted octanol–water partition coefficient (Wildman–Crippen LogP) is 2.43. The van der Waals surface area contributed by atoms with Crippen LogP contribution in [0.3, 0.4) is 0 Å². The number of likely N-dealkylation sites (tertiary alicyclic amines) is 1. The van der Waals surface area contributed by atoms with Gasteiger partial charge in [-0.25, -0.2) is 0 Å². The van der Waals surface area contributed by atoms with Gasteiger partial charge in [0.05, 0.1) is 4.92 Å². The van der Waals surface area contributed by atoms with Gasteiger partial charge in [-0.2, -0.15) is 0 Å². The molecular formula is C13H18ClN3O2. The van der Waals surface area contributed by atoms with Crippen LogP contribution in [-0.2, 0) is 6.54 Å². The van der Waals surface area contributed by atoms with Gasteiger partial charge in [0.25, 0.3) is 5.69 Å². The van der Waals surface area contributed by atoms with E-state index in [4.69, 9.17) is 11.6 Å². The van der Waals surface area contributed by atoms with Gasteiger partial charge in [0.2, 0.25) is 0 Å². The van der Waals surface area contributed by atoms with Crippen LogP contribution in [0.5, 0.6) is 0 Å². The fraction of sp³-hybridized carbons (Fsp3) is 0.538. The van der Waals surface area contributed by atoms with Crippen LogP contribution in [0, 0.1) is 10.1 Å². The molecule has 0 spiro atoms. The molecule has 5 nitrogen and oxygen atoms in total. The molecule has 1 saturated heterocycles.